The van der Waals surface area contributed by atoms with Crippen LogP contribution in [-0.2, 0) is 6.42 Å². The Morgan fingerprint density at radius 1 is 1.44 bits per heavy atom. The Morgan fingerprint density at radius 2 is 2.25 bits per heavy atom. The van der Waals surface area contributed by atoms with Crippen LogP contribution in [0.3, 0.4) is 0 Å². The molecule has 87 valence electrons. The second-order valence-electron chi connectivity index (χ2n) is 4.26. The summed E-state index contributed by atoms with van der Waals surface area (Å²) in [4.78, 5) is 0. The Kier molecular flexibility index (Phi) is 3.91. The van der Waals surface area contributed by atoms with Crippen LogP contribution in [0.2, 0.25) is 0 Å². The van der Waals surface area contributed by atoms with E-state index in [1.165, 1.54) is 6.07 Å². The van der Waals surface area contributed by atoms with E-state index >= 15 is 0 Å². The standard InChI is InChI=1S/C13H17FNO/c14-12-4-2-1-3-11(12)9-13(16)10-5-7-15-8-6-10/h1-5,10,13,15-16H,6-9H2. The summed E-state index contributed by atoms with van der Waals surface area (Å²) in [5.41, 5.74) is 0.599. The summed E-state index contributed by atoms with van der Waals surface area (Å²) in [6.45, 7) is 1.76. The Balaban J connectivity index is 1.96. The Morgan fingerprint density at radius 3 is 2.94 bits per heavy atom. The molecule has 2 atom stereocenters. The number of nitrogens with one attached hydrogen (secondary N) is 1. The molecule has 0 bridgehead atoms. The molecule has 1 radical (unpaired) electrons. The number of hydrogen-bond acceptors (Lipinski definition) is 2. The highest BCUT2D eigenvalue weighted by molar-refractivity contribution is 5.18. The van der Waals surface area contributed by atoms with Crippen molar-refractivity contribution in [2.75, 3.05) is 13.1 Å². The molecule has 0 aliphatic carbocycles. The average Bonchev–Trinajstić information content (AvgIpc) is 2.33. The van der Waals surface area contributed by atoms with E-state index in [0.29, 0.717) is 12.0 Å². The average molecular weight is 222 g/mol. The van der Waals surface area contributed by atoms with Gasteiger partial charge in [0.2, 0.25) is 0 Å². The molecule has 2 N–H and O–H groups in total. The van der Waals surface area contributed by atoms with Crippen LogP contribution in [0, 0.1) is 18.2 Å². The van der Waals surface area contributed by atoms with Crippen LogP contribution in [0.4, 0.5) is 4.39 Å². The zero-order valence-corrected chi connectivity index (χ0v) is 9.20. The van der Waals surface area contributed by atoms with Gasteiger partial charge in [-0.05, 0) is 43.5 Å². The van der Waals surface area contributed by atoms with Crippen molar-refractivity contribution in [2.45, 2.75) is 18.9 Å². The largest absolute Gasteiger partial charge is 0.392 e. The molecule has 1 aliphatic heterocycles. The first-order valence-electron chi connectivity index (χ1n) is 5.73. The van der Waals surface area contributed by atoms with Gasteiger partial charge in [0.25, 0.3) is 0 Å². The van der Waals surface area contributed by atoms with Crippen LogP contribution in [0.25, 0.3) is 0 Å². The van der Waals surface area contributed by atoms with Crippen LogP contribution in [0.1, 0.15) is 12.0 Å². The van der Waals surface area contributed by atoms with Crippen LogP contribution >= 0.6 is 0 Å². The second-order valence-corrected chi connectivity index (χ2v) is 4.26. The first-order valence-corrected chi connectivity index (χ1v) is 5.73. The molecule has 0 aromatic heterocycles. The van der Waals surface area contributed by atoms with Gasteiger partial charge in [0.1, 0.15) is 5.82 Å². The van der Waals surface area contributed by atoms with Gasteiger partial charge in [-0.2, -0.15) is 0 Å². The first-order chi connectivity index (χ1) is 7.77. The zero-order chi connectivity index (χ0) is 11.4. The van der Waals surface area contributed by atoms with Gasteiger partial charge in [-0.3, -0.25) is 0 Å². The number of aliphatic hydroxyl groups excluding tert-OH is 1. The summed E-state index contributed by atoms with van der Waals surface area (Å²) in [6, 6.07) is 6.65. The van der Waals surface area contributed by atoms with E-state index in [2.05, 4.69) is 11.7 Å². The highest BCUT2D eigenvalue weighted by Crippen LogP contribution is 2.19. The van der Waals surface area contributed by atoms with Crippen molar-refractivity contribution in [3.8, 4) is 0 Å². The quantitative estimate of drug-likeness (QED) is 0.813. The maximum Gasteiger partial charge on any atom is 0.126 e. The monoisotopic (exact) mass is 222 g/mol. The van der Waals surface area contributed by atoms with E-state index in [-0.39, 0.29) is 11.7 Å². The fourth-order valence-electron chi connectivity index (χ4n) is 2.11. The van der Waals surface area contributed by atoms with Crippen molar-refractivity contribution in [1.29, 1.82) is 0 Å². The predicted octanol–water partition coefficient (Wildman–Crippen LogP) is 1.54. The lowest BCUT2D eigenvalue weighted by Gasteiger charge is -2.27. The lowest BCUT2D eigenvalue weighted by Crippen LogP contribution is -2.35. The topological polar surface area (TPSA) is 32.3 Å². The summed E-state index contributed by atoms with van der Waals surface area (Å²) in [7, 11) is 0. The minimum Gasteiger partial charge on any atom is -0.392 e. The van der Waals surface area contributed by atoms with Crippen molar-refractivity contribution in [1.82, 2.24) is 5.32 Å². The van der Waals surface area contributed by atoms with Crippen molar-refractivity contribution in [2.24, 2.45) is 5.92 Å². The van der Waals surface area contributed by atoms with E-state index < -0.39 is 6.10 Å². The van der Waals surface area contributed by atoms with Crippen LogP contribution < -0.4 is 5.32 Å². The van der Waals surface area contributed by atoms with Crippen molar-refractivity contribution < 1.29 is 9.50 Å². The molecule has 1 aromatic rings. The number of rotatable bonds is 3. The van der Waals surface area contributed by atoms with E-state index in [1.807, 2.05) is 0 Å². The minimum absolute atomic E-state index is 0.181. The maximum absolute atomic E-state index is 13.4. The smallest absolute Gasteiger partial charge is 0.126 e. The molecule has 0 amide bonds. The van der Waals surface area contributed by atoms with Crippen LogP contribution in [0.5, 0.6) is 0 Å². The molecule has 0 spiro atoms. The van der Waals surface area contributed by atoms with Crippen LogP contribution in [-0.4, -0.2) is 24.3 Å². The van der Waals surface area contributed by atoms with Gasteiger partial charge >= 0.3 is 0 Å². The highest BCUT2D eigenvalue weighted by atomic mass is 19.1. The molecule has 1 fully saturated rings. The molecule has 1 aromatic carbocycles. The van der Waals surface area contributed by atoms with Crippen molar-refractivity contribution in [3.63, 3.8) is 0 Å². The Hall–Kier alpha value is -0.930. The zero-order valence-electron chi connectivity index (χ0n) is 9.20. The van der Waals surface area contributed by atoms with E-state index in [0.717, 1.165) is 19.5 Å². The predicted molar refractivity (Wildman–Crippen MR) is 61.4 cm³/mol. The third-order valence-electron chi connectivity index (χ3n) is 3.10. The second kappa shape index (κ2) is 5.41. The normalized spacial score (nSPS) is 19.6. The molecule has 0 saturated carbocycles. The molecule has 3 heteroatoms. The molecule has 1 saturated heterocycles. The molecular formula is C13H17FNO. The molecule has 2 unspecified atom stereocenters. The van der Waals surface area contributed by atoms with Gasteiger partial charge in [-0.25, -0.2) is 4.39 Å². The number of piperidine rings is 1. The lowest BCUT2D eigenvalue weighted by molar-refractivity contribution is 0.111. The van der Waals surface area contributed by atoms with Gasteiger partial charge in [-0.1, -0.05) is 18.2 Å². The van der Waals surface area contributed by atoms with Gasteiger partial charge in [0.15, 0.2) is 0 Å². The highest BCUT2D eigenvalue weighted by Gasteiger charge is 2.22. The van der Waals surface area contributed by atoms with E-state index in [4.69, 9.17) is 0 Å². The fourth-order valence-corrected chi connectivity index (χ4v) is 2.11. The number of benzene rings is 1. The summed E-state index contributed by atoms with van der Waals surface area (Å²) >= 11 is 0. The summed E-state index contributed by atoms with van der Waals surface area (Å²) < 4.78 is 13.4. The summed E-state index contributed by atoms with van der Waals surface area (Å²) in [5.74, 6) is -0.0451. The van der Waals surface area contributed by atoms with Crippen molar-refractivity contribution in [3.05, 3.63) is 42.1 Å². The Bertz CT molecular complexity index is 336. The molecule has 16 heavy (non-hydrogen) atoms. The minimum atomic E-state index is -0.473. The number of halogens is 1. The Labute approximate surface area is 95.5 Å². The third kappa shape index (κ3) is 2.80. The third-order valence-corrected chi connectivity index (χ3v) is 3.10. The molecular weight excluding hydrogens is 205 g/mol. The molecule has 1 heterocycles. The van der Waals surface area contributed by atoms with Gasteiger partial charge in [-0.15, -0.1) is 0 Å². The SMILES string of the molecule is OC(Cc1ccccc1F)C1[CH]CNCC1. The molecule has 2 rings (SSSR count). The first kappa shape index (κ1) is 11.6. The maximum atomic E-state index is 13.4. The summed E-state index contributed by atoms with van der Waals surface area (Å²) in [5, 5.41) is 13.2. The number of aliphatic hydroxyl groups is 1. The van der Waals surface area contributed by atoms with E-state index in [9.17, 15) is 9.50 Å². The molecule has 2 nitrogen and oxygen atoms in total. The van der Waals surface area contributed by atoms with E-state index in [1.54, 1.807) is 18.2 Å². The fraction of sp³-hybridized carbons (Fsp3) is 0.462. The van der Waals surface area contributed by atoms with Crippen LogP contribution in [0.15, 0.2) is 24.3 Å². The van der Waals surface area contributed by atoms with Gasteiger partial charge < -0.3 is 10.4 Å². The van der Waals surface area contributed by atoms with Gasteiger partial charge in [0.05, 0.1) is 6.10 Å². The lowest BCUT2D eigenvalue weighted by atomic mass is 9.88. The van der Waals surface area contributed by atoms with Gasteiger partial charge in [0, 0.05) is 6.42 Å². The summed E-state index contributed by atoms with van der Waals surface area (Å²) in [6.07, 6.45) is 2.93. The number of hydrogen-bond donors (Lipinski definition) is 2. The molecule has 1 aliphatic rings. The van der Waals surface area contributed by atoms with Crippen molar-refractivity contribution >= 4 is 0 Å².